The third-order valence-electron chi connectivity index (χ3n) is 4.27. The fourth-order valence-corrected chi connectivity index (χ4v) is 2.85. The Balaban J connectivity index is 3.67. The molecule has 2 N–H and O–H groups in total. The molecular formula is C17H20F9NO3. The van der Waals surface area contributed by atoms with Crippen LogP contribution in [-0.4, -0.2) is 25.6 Å². The maximum atomic E-state index is 12.9. The largest absolute Gasteiger partial charge is 0.573 e. The first-order valence-corrected chi connectivity index (χ1v) is 8.57. The average Bonchev–Trinajstić information content (AvgIpc) is 2.52. The summed E-state index contributed by atoms with van der Waals surface area (Å²) in [5.74, 6) is -6.04. The zero-order chi connectivity index (χ0) is 23.5. The molecule has 0 saturated carbocycles. The van der Waals surface area contributed by atoms with E-state index in [9.17, 15) is 39.5 Å². The SMILES string of the molecule is CC(CN)CC(C)C(C)c1c(OC(F)(F)F)ccc(OC(F)(F)F)c1OC(F)(F)F. The number of hydrogen-bond donors (Lipinski definition) is 1. The molecule has 3 atom stereocenters. The van der Waals surface area contributed by atoms with Crippen LogP contribution in [0.25, 0.3) is 0 Å². The number of nitrogens with two attached hydrogens (primary N) is 1. The van der Waals surface area contributed by atoms with E-state index in [0.29, 0.717) is 6.07 Å². The van der Waals surface area contributed by atoms with Crippen molar-refractivity contribution in [2.45, 2.75) is 52.2 Å². The second-order valence-electron chi connectivity index (χ2n) is 6.79. The molecule has 0 aliphatic rings. The van der Waals surface area contributed by atoms with E-state index in [0.717, 1.165) is 0 Å². The Morgan fingerprint density at radius 3 is 1.63 bits per heavy atom. The van der Waals surface area contributed by atoms with E-state index in [2.05, 4.69) is 14.2 Å². The lowest BCUT2D eigenvalue weighted by atomic mass is 9.82. The van der Waals surface area contributed by atoms with E-state index in [-0.39, 0.29) is 24.9 Å². The highest BCUT2D eigenvalue weighted by atomic mass is 19.4. The minimum Gasteiger partial charge on any atom is -0.405 e. The summed E-state index contributed by atoms with van der Waals surface area (Å²) in [6.07, 6.45) is -16.0. The van der Waals surface area contributed by atoms with E-state index in [4.69, 9.17) is 5.73 Å². The number of rotatable bonds is 8. The predicted molar refractivity (Wildman–Crippen MR) is 86.9 cm³/mol. The molecule has 0 aliphatic heterocycles. The fraction of sp³-hybridized carbons (Fsp3) is 0.647. The van der Waals surface area contributed by atoms with Gasteiger partial charge in [-0.05, 0) is 42.9 Å². The van der Waals surface area contributed by atoms with Crippen molar-refractivity contribution in [1.82, 2.24) is 0 Å². The molecule has 30 heavy (non-hydrogen) atoms. The third kappa shape index (κ3) is 8.36. The van der Waals surface area contributed by atoms with Crippen molar-refractivity contribution in [2.24, 2.45) is 17.6 Å². The molecule has 0 amide bonds. The second-order valence-corrected chi connectivity index (χ2v) is 6.79. The van der Waals surface area contributed by atoms with Crippen LogP contribution >= 0.6 is 0 Å². The van der Waals surface area contributed by atoms with Gasteiger partial charge in [-0.3, -0.25) is 0 Å². The maximum absolute atomic E-state index is 12.9. The van der Waals surface area contributed by atoms with E-state index in [1.54, 1.807) is 6.92 Å². The van der Waals surface area contributed by atoms with Crippen molar-refractivity contribution in [3.63, 3.8) is 0 Å². The highest BCUT2D eigenvalue weighted by molar-refractivity contribution is 5.56. The molecule has 4 nitrogen and oxygen atoms in total. The molecule has 1 rings (SSSR count). The van der Waals surface area contributed by atoms with Crippen LogP contribution in [0.15, 0.2) is 12.1 Å². The fourth-order valence-electron chi connectivity index (χ4n) is 2.85. The Morgan fingerprint density at radius 2 is 1.20 bits per heavy atom. The molecular weight excluding hydrogens is 437 g/mol. The van der Waals surface area contributed by atoms with E-state index < -0.39 is 53.7 Å². The summed E-state index contributed by atoms with van der Waals surface area (Å²) in [6, 6.07) is 0.710. The molecule has 1 aromatic carbocycles. The molecule has 0 radical (unpaired) electrons. The molecule has 0 heterocycles. The van der Waals surface area contributed by atoms with Gasteiger partial charge in [0.25, 0.3) is 0 Å². The van der Waals surface area contributed by atoms with Crippen LogP contribution in [0.5, 0.6) is 17.2 Å². The van der Waals surface area contributed by atoms with Gasteiger partial charge in [0.15, 0.2) is 11.5 Å². The van der Waals surface area contributed by atoms with Crippen LogP contribution in [-0.2, 0) is 0 Å². The molecule has 0 spiro atoms. The van der Waals surface area contributed by atoms with Crippen LogP contribution < -0.4 is 19.9 Å². The molecule has 174 valence electrons. The number of benzene rings is 1. The van der Waals surface area contributed by atoms with Gasteiger partial charge in [-0.15, -0.1) is 39.5 Å². The van der Waals surface area contributed by atoms with E-state index in [1.165, 1.54) is 13.8 Å². The smallest absolute Gasteiger partial charge is 0.405 e. The number of hydrogen-bond acceptors (Lipinski definition) is 4. The van der Waals surface area contributed by atoms with Gasteiger partial charge in [0.1, 0.15) is 5.75 Å². The molecule has 0 fully saturated rings. The Morgan fingerprint density at radius 1 is 0.767 bits per heavy atom. The van der Waals surface area contributed by atoms with E-state index in [1.807, 2.05) is 0 Å². The molecule has 0 bridgehead atoms. The van der Waals surface area contributed by atoms with Crippen molar-refractivity contribution in [3.05, 3.63) is 17.7 Å². The summed E-state index contributed by atoms with van der Waals surface area (Å²) >= 11 is 0. The minimum absolute atomic E-state index is 0.156. The highest BCUT2D eigenvalue weighted by Crippen LogP contribution is 2.49. The monoisotopic (exact) mass is 457 g/mol. The summed E-state index contributed by atoms with van der Waals surface area (Å²) < 4.78 is 126. The van der Waals surface area contributed by atoms with Gasteiger partial charge in [-0.1, -0.05) is 20.8 Å². The van der Waals surface area contributed by atoms with Crippen molar-refractivity contribution in [1.29, 1.82) is 0 Å². The first-order chi connectivity index (χ1) is 13.4. The number of ether oxygens (including phenoxy) is 3. The Labute approximate surface area is 166 Å². The zero-order valence-corrected chi connectivity index (χ0v) is 16.0. The van der Waals surface area contributed by atoms with Crippen LogP contribution in [0.1, 0.15) is 38.7 Å². The molecule has 0 saturated heterocycles. The van der Waals surface area contributed by atoms with Crippen molar-refractivity contribution < 1.29 is 53.7 Å². The first kappa shape index (κ1) is 26.0. The average molecular weight is 457 g/mol. The quantitative estimate of drug-likeness (QED) is 0.479. The Hall–Kier alpha value is -2.05. The van der Waals surface area contributed by atoms with Crippen molar-refractivity contribution in [2.75, 3.05) is 6.54 Å². The standard InChI is InChI=1S/C17H20F9NO3/c1-8(7-27)6-9(2)10(3)13-11(28-15(18,19)20)4-5-12(29-16(21,22)23)14(13)30-17(24,25)26/h4-5,8-10H,6-7,27H2,1-3H3. The number of alkyl halides is 9. The van der Waals surface area contributed by atoms with Crippen LogP contribution in [0.2, 0.25) is 0 Å². The lowest BCUT2D eigenvalue weighted by molar-refractivity contribution is -0.288. The zero-order valence-electron chi connectivity index (χ0n) is 16.0. The summed E-state index contributed by atoms with van der Waals surface area (Å²) in [7, 11) is 0. The summed E-state index contributed by atoms with van der Waals surface area (Å²) in [4.78, 5) is 0. The minimum atomic E-state index is -5.51. The third-order valence-corrected chi connectivity index (χ3v) is 4.27. The van der Waals surface area contributed by atoms with Crippen LogP contribution in [0, 0.1) is 11.8 Å². The molecule has 0 aromatic heterocycles. The molecule has 3 unspecified atom stereocenters. The predicted octanol–water partition coefficient (Wildman–Crippen LogP) is 6.11. The topological polar surface area (TPSA) is 53.7 Å². The first-order valence-electron chi connectivity index (χ1n) is 8.57. The van der Waals surface area contributed by atoms with Gasteiger partial charge < -0.3 is 19.9 Å². The summed E-state index contributed by atoms with van der Waals surface area (Å²) in [5.41, 5.74) is 4.63. The molecule has 13 heteroatoms. The van der Waals surface area contributed by atoms with Gasteiger partial charge in [0.05, 0.1) is 0 Å². The van der Waals surface area contributed by atoms with Crippen molar-refractivity contribution >= 4 is 0 Å². The summed E-state index contributed by atoms with van der Waals surface area (Å²) in [5, 5.41) is 0. The van der Waals surface area contributed by atoms with Crippen LogP contribution in [0.4, 0.5) is 39.5 Å². The molecule has 0 aliphatic carbocycles. The highest BCUT2D eigenvalue weighted by Gasteiger charge is 2.41. The van der Waals surface area contributed by atoms with Gasteiger partial charge in [-0.25, -0.2) is 0 Å². The molecule has 1 aromatic rings. The Bertz CT molecular complexity index is 701. The lowest BCUT2D eigenvalue weighted by Gasteiger charge is -2.28. The van der Waals surface area contributed by atoms with Gasteiger partial charge in [0, 0.05) is 5.56 Å². The maximum Gasteiger partial charge on any atom is 0.573 e. The normalized spacial score (nSPS) is 16.0. The Kier molecular flexibility index (Phi) is 8.14. The second kappa shape index (κ2) is 9.40. The van der Waals surface area contributed by atoms with Gasteiger partial charge >= 0.3 is 19.1 Å². The lowest BCUT2D eigenvalue weighted by Crippen LogP contribution is -2.25. The van der Waals surface area contributed by atoms with Gasteiger partial charge in [0.2, 0.25) is 0 Å². The van der Waals surface area contributed by atoms with Gasteiger partial charge in [-0.2, -0.15) is 0 Å². The van der Waals surface area contributed by atoms with Crippen LogP contribution in [0.3, 0.4) is 0 Å². The summed E-state index contributed by atoms with van der Waals surface area (Å²) in [6.45, 7) is 4.63. The van der Waals surface area contributed by atoms with Crippen molar-refractivity contribution in [3.8, 4) is 17.2 Å². The van der Waals surface area contributed by atoms with E-state index >= 15 is 0 Å². The number of halogens is 9.